The summed E-state index contributed by atoms with van der Waals surface area (Å²) in [5, 5.41) is 3.23. The third kappa shape index (κ3) is 8.24. The molecule has 1 aliphatic carbocycles. The molecule has 42 heavy (non-hydrogen) atoms. The van der Waals surface area contributed by atoms with Crippen molar-refractivity contribution in [1.29, 1.82) is 0 Å². The number of carbonyl (C=O) groups is 1. The summed E-state index contributed by atoms with van der Waals surface area (Å²) in [5.41, 5.74) is 3.06. The van der Waals surface area contributed by atoms with Crippen molar-refractivity contribution in [2.45, 2.75) is 122 Å². The number of benzene rings is 1. The first-order chi connectivity index (χ1) is 19.7. The normalized spacial score (nSPS) is 17.9. The highest BCUT2D eigenvalue weighted by Crippen LogP contribution is 2.36. The Morgan fingerprint density at radius 2 is 1.64 bits per heavy atom. The summed E-state index contributed by atoms with van der Waals surface area (Å²) in [4.78, 5) is 14.0. The van der Waals surface area contributed by atoms with Gasteiger partial charge < -0.3 is 19.4 Å². The third-order valence-corrected chi connectivity index (χ3v) is 10.0. The molecule has 0 atom stereocenters. The van der Waals surface area contributed by atoms with Crippen molar-refractivity contribution in [3.8, 4) is 11.3 Å². The van der Waals surface area contributed by atoms with E-state index in [1.54, 1.807) is 19.2 Å². The fourth-order valence-electron chi connectivity index (χ4n) is 6.06. The van der Waals surface area contributed by atoms with Gasteiger partial charge in [0.1, 0.15) is 0 Å². The van der Waals surface area contributed by atoms with Crippen LogP contribution < -0.4 is 10.0 Å². The molecule has 2 aliphatic rings. The fourth-order valence-corrected chi connectivity index (χ4v) is 7.54. The number of ether oxygens (including phenoxy) is 2. The maximum atomic E-state index is 13.8. The molecule has 1 aromatic carbocycles. The van der Waals surface area contributed by atoms with Crippen molar-refractivity contribution in [1.82, 2.24) is 14.6 Å². The number of amides is 1. The molecule has 0 bridgehead atoms. The summed E-state index contributed by atoms with van der Waals surface area (Å²) in [7, 11) is -2.14. The van der Waals surface area contributed by atoms with Gasteiger partial charge in [0.25, 0.3) is 5.91 Å². The van der Waals surface area contributed by atoms with Gasteiger partial charge in [-0.2, -0.15) is 0 Å². The number of hydrogen-bond acceptors (Lipinski definition) is 5. The molecule has 2 fully saturated rings. The molecule has 8 nitrogen and oxygen atoms in total. The topological polar surface area (TPSA) is 98.7 Å². The molecular weight excluding hydrogens is 550 g/mol. The van der Waals surface area contributed by atoms with Crippen molar-refractivity contribution < 1.29 is 22.7 Å². The second-order valence-corrected chi connectivity index (χ2v) is 15.8. The van der Waals surface area contributed by atoms with Crippen LogP contribution in [0.15, 0.2) is 29.2 Å². The Hall–Kier alpha value is -2.20. The molecule has 0 radical (unpaired) electrons. The van der Waals surface area contributed by atoms with Gasteiger partial charge in [-0.3, -0.25) is 4.79 Å². The number of methoxy groups -OCH3 is 1. The molecule has 4 rings (SSSR count). The summed E-state index contributed by atoms with van der Waals surface area (Å²) in [6.45, 7) is 14.1. The lowest BCUT2D eigenvalue weighted by atomic mass is 9.86. The van der Waals surface area contributed by atoms with Crippen molar-refractivity contribution in [2.24, 2.45) is 5.92 Å². The molecule has 1 aliphatic heterocycles. The quantitative estimate of drug-likeness (QED) is 0.359. The summed E-state index contributed by atoms with van der Waals surface area (Å²) in [6, 6.07) is 7.63. The van der Waals surface area contributed by atoms with Gasteiger partial charge in [-0.05, 0) is 93.2 Å². The number of nitrogens with zero attached hydrogens (tertiary/aromatic N) is 1. The van der Waals surface area contributed by atoms with Crippen LogP contribution in [0.25, 0.3) is 11.3 Å². The minimum Gasteiger partial charge on any atom is -0.381 e. The van der Waals surface area contributed by atoms with E-state index in [0.29, 0.717) is 31.3 Å². The van der Waals surface area contributed by atoms with Crippen LogP contribution in [-0.2, 0) is 38.1 Å². The molecule has 1 saturated carbocycles. The molecule has 1 saturated heterocycles. The summed E-state index contributed by atoms with van der Waals surface area (Å²) in [6.07, 6.45) is 7.54. The van der Waals surface area contributed by atoms with E-state index in [4.69, 9.17) is 9.47 Å². The van der Waals surface area contributed by atoms with Crippen molar-refractivity contribution in [3.05, 3.63) is 41.1 Å². The zero-order valence-electron chi connectivity index (χ0n) is 26.6. The van der Waals surface area contributed by atoms with E-state index in [2.05, 4.69) is 41.4 Å². The first kappa shape index (κ1) is 32.7. The Balaban J connectivity index is 1.88. The summed E-state index contributed by atoms with van der Waals surface area (Å²) >= 11 is 0. The summed E-state index contributed by atoms with van der Waals surface area (Å²) < 4.78 is 43.4. The van der Waals surface area contributed by atoms with E-state index in [0.717, 1.165) is 54.7 Å². The second kappa shape index (κ2) is 13.2. The van der Waals surface area contributed by atoms with E-state index < -0.39 is 15.6 Å². The molecular formula is C33H51N3O5S. The predicted octanol–water partition coefficient (Wildman–Crippen LogP) is 6.16. The zero-order valence-corrected chi connectivity index (χ0v) is 27.5. The lowest BCUT2D eigenvalue weighted by molar-refractivity contribution is 0.0694. The van der Waals surface area contributed by atoms with Crippen LogP contribution in [0.3, 0.4) is 0 Å². The molecule has 2 aromatic rings. The van der Waals surface area contributed by atoms with E-state index >= 15 is 0 Å². The maximum absolute atomic E-state index is 13.8. The Bertz CT molecular complexity index is 1340. The molecule has 1 amide bonds. The van der Waals surface area contributed by atoms with Crippen LogP contribution in [-0.4, -0.2) is 50.8 Å². The van der Waals surface area contributed by atoms with Crippen LogP contribution in [0.2, 0.25) is 0 Å². The van der Waals surface area contributed by atoms with Crippen molar-refractivity contribution in [3.63, 3.8) is 0 Å². The van der Waals surface area contributed by atoms with E-state index in [-0.39, 0.29) is 22.3 Å². The van der Waals surface area contributed by atoms with Crippen LogP contribution >= 0.6 is 0 Å². The SMILES string of the molecule is COCc1c(C(=O)NC2CCOCC2)cc(-c2cc(C(C)(C)C)cc(S(=O)(=O)NC(C)(C)C)c2)n1CC1CCCCC1. The lowest BCUT2D eigenvalue weighted by Crippen LogP contribution is -2.40. The highest BCUT2D eigenvalue weighted by molar-refractivity contribution is 7.89. The van der Waals surface area contributed by atoms with Crippen LogP contribution in [0.4, 0.5) is 0 Å². The third-order valence-electron chi connectivity index (χ3n) is 8.28. The average molecular weight is 602 g/mol. The number of rotatable bonds is 9. The minimum absolute atomic E-state index is 0.0660. The molecule has 0 unspecified atom stereocenters. The number of carbonyl (C=O) groups excluding carboxylic acids is 1. The van der Waals surface area contributed by atoms with E-state index in [1.165, 1.54) is 19.3 Å². The fraction of sp³-hybridized carbons (Fsp3) is 0.667. The minimum atomic E-state index is -3.80. The second-order valence-electron chi connectivity index (χ2n) is 14.1. The van der Waals surface area contributed by atoms with Crippen LogP contribution in [0.5, 0.6) is 0 Å². The lowest BCUT2D eigenvalue weighted by Gasteiger charge is -2.26. The summed E-state index contributed by atoms with van der Waals surface area (Å²) in [5.74, 6) is 0.371. The number of aromatic nitrogens is 1. The van der Waals surface area contributed by atoms with Gasteiger partial charge in [-0.25, -0.2) is 13.1 Å². The van der Waals surface area contributed by atoms with Crippen molar-refractivity contribution in [2.75, 3.05) is 20.3 Å². The van der Waals surface area contributed by atoms with Crippen molar-refractivity contribution >= 4 is 15.9 Å². The Kier molecular flexibility index (Phi) is 10.3. The molecule has 1 aromatic heterocycles. The highest BCUT2D eigenvalue weighted by Gasteiger charge is 2.29. The highest BCUT2D eigenvalue weighted by atomic mass is 32.2. The van der Waals surface area contributed by atoms with E-state index in [1.807, 2.05) is 26.8 Å². The monoisotopic (exact) mass is 601 g/mol. The molecule has 2 N–H and O–H groups in total. The first-order valence-electron chi connectivity index (χ1n) is 15.5. The number of nitrogens with one attached hydrogen (secondary N) is 2. The average Bonchev–Trinajstić information content (AvgIpc) is 3.26. The smallest absolute Gasteiger partial charge is 0.253 e. The van der Waals surface area contributed by atoms with Gasteiger partial charge in [0.05, 0.1) is 22.8 Å². The molecule has 0 spiro atoms. The predicted molar refractivity (Wildman–Crippen MR) is 167 cm³/mol. The standard InChI is InChI=1S/C33H51N3O5S/c1-32(2,3)25-17-24(18-27(19-25)42(38,39)35-33(4,5)6)29-20-28(31(37)34-26-13-15-41-16-14-26)30(22-40-7)36(29)21-23-11-9-8-10-12-23/h17-20,23,26,35H,8-16,21-22H2,1-7H3,(H,34,37). The van der Waals surface area contributed by atoms with Crippen LogP contribution in [0.1, 0.15) is 108 Å². The van der Waals surface area contributed by atoms with Gasteiger partial charge >= 0.3 is 0 Å². The number of sulfonamides is 1. The Morgan fingerprint density at radius 3 is 2.24 bits per heavy atom. The maximum Gasteiger partial charge on any atom is 0.253 e. The van der Waals surface area contributed by atoms with Gasteiger partial charge in [0, 0.05) is 44.1 Å². The zero-order chi connectivity index (χ0) is 30.7. The van der Waals surface area contributed by atoms with E-state index in [9.17, 15) is 13.2 Å². The van der Waals surface area contributed by atoms with Gasteiger partial charge in [-0.1, -0.05) is 40.0 Å². The van der Waals surface area contributed by atoms with Gasteiger partial charge in [0.2, 0.25) is 10.0 Å². The van der Waals surface area contributed by atoms with Crippen LogP contribution in [0, 0.1) is 5.92 Å². The Morgan fingerprint density at radius 1 is 0.976 bits per heavy atom. The van der Waals surface area contributed by atoms with Gasteiger partial charge in [-0.15, -0.1) is 0 Å². The first-order valence-corrected chi connectivity index (χ1v) is 17.0. The number of hydrogen-bond donors (Lipinski definition) is 2. The largest absolute Gasteiger partial charge is 0.381 e. The molecule has 2 heterocycles. The van der Waals surface area contributed by atoms with Gasteiger partial charge in [0.15, 0.2) is 0 Å². The molecule has 9 heteroatoms. The molecule has 234 valence electrons. The Labute approximate surface area is 253 Å².